The van der Waals surface area contributed by atoms with E-state index in [1.807, 2.05) is 18.2 Å². The lowest BCUT2D eigenvalue weighted by Gasteiger charge is -2.29. The third kappa shape index (κ3) is 3.51. The predicted molar refractivity (Wildman–Crippen MR) is 104 cm³/mol. The molecular formula is C20H23ClN4. The van der Waals surface area contributed by atoms with Crippen molar-refractivity contribution in [2.75, 3.05) is 5.32 Å². The molecule has 1 aliphatic carbocycles. The monoisotopic (exact) mass is 354 g/mol. The molecular weight excluding hydrogens is 332 g/mol. The van der Waals surface area contributed by atoms with Gasteiger partial charge in [0.15, 0.2) is 0 Å². The second-order valence-electron chi connectivity index (χ2n) is 6.84. The van der Waals surface area contributed by atoms with Gasteiger partial charge < -0.3 is 15.6 Å². The zero-order valence-corrected chi connectivity index (χ0v) is 14.9. The Bertz CT molecular complexity index is 856. The van der Waals surface area contributed by atoms with Crippen LogP contribution in [0.5, 0.6) is 0 Å². The van der Waals surface area contributed by atoms with E-state index >= 15 is 0 Å². The number of fused-ring (bicyclic) bond motifs is 1. The first kappa shape index (κ1) is 16.4. The molecule has 0 saturated heterocycles. The number of nitrogens with one attached hydrogen (secondary N) is 1. The lowest BCUT2D eigenvalue weighted by atomic mass is 9.91. The van der Waals surface area contributed by atoms with Crippen molar-refractivity contribution in [3.63, 3.8) is 0 Å². The number of hydrogen-bond acceptors (Lipinski definition) is 3. The van der Waals surface area contributed by atoms with Gasteiger partial charge in [-0.25, -0.2) is 4.98 Å². The Morgan fingerprint density at radius 1 is 1.08 bits per heavy atom. The van der Waals surface area contributed by atoms with Gasteiger partial charge in [0, 0.05) is 17.1 Å². The summed E-state index contributed by atoms with van der Waals surface area (Å²) >= 11 is 6.02. The molecule has 4 nitrogen and oxygen atoms in total. The van der Waals surface area contributed by atoms with Gasteiger partial charge in [-0.15, -0.1) is 0 Å². The summed E-state index contributed by atoms with van der Waals surface area (Å²) in [4.78, 5) is 4.83. The summed E-state index contributed by atoms with van der Waals surface area (Å²) in [6, 6.07) is 16.7. The van der Waals surface area contributed by atoms with Crippen LogP contribution in [0.25, 0.3) is 11.0 Å². The molecule has 1 aliphatic rings. The highest BCUT2D eigenvalue weighted by Gasteiger charge is 2.23. The highest BCUT2D eigenvalue weighted by Crippen LogP contribution is 2.25. The molecule has 1 heterocycles. The number of rotatable bonds is 4. The molecule has 2 aromatic carbocycles. The molecule has 3 N–H and O–H groups in total. The minimum Gasteiger partial charge on any atom is -0.351 e. The normalized spacial score (nSPS) is 20.7. The van der Waals surface area contributed by atoms with Crippen molar-refractivity contribution in [1.29, 1.82) is 0 Å². The van der Waals surface area contributed by atoms with Crippen molar-refractivity contribution in [2.45, 2.75) is 44.3 Å². The van der Waals surface area contributed by atoms with E-state index < -0.39 is 0 Å². The van der Waals surface area contributed by atoms with Crippen molar-refractivity contribution in [1.82, 2.24) is 9.55 Å². The highest BCUT2D eigenvalue weighted by molar-refractivity contribution is 6.30. The average molecular weight is 355 g/mol. The van der Waals surface area contributed by atoms with Crippen LogP contribution in [0.15, 0.2) is 48.5 Å². The Hall–Kier alpha value is -2.04. The van der Waals surface area contributed by atoms with Crippen LogP contribution in [0.1, 0.15) is 31.2 Å². The minimum absolute atomic E-state index is 0.192. The molecule has 1 aromatic heterocycles. The number of aromatic nitrogens is 2. The maximum atomic E-state index is 6.33. The van der Waals surface area contributed by atoms with Crippen LogP contribution < -0.4 is 11.1 Å². The smallest absolute Gasteiger partial charge is 0.204 e. The third-order valence-electron chi connectivity index (χ3n) is 5.04. The quantitative estimate of drug-likeness (QED) is 0.729. The molecule has 25 heavy (non-hydrogen) atoms. The largest absolute Gasteiger partial charge is 0.351 e. The van der Waals surface area contributed by atoms with Gasteiger partial charge in [-0.05, 0) is 42.7 Å². The van der Waals surface area contributed by atoms with E-state index in [-0.39, 0.29) is 12.1 Å². The zero-order valence-electron chi connectivity index (χ0n) is 14.2. The van der Waals surface area contributed by atoms with E-state index in [4.69, 9.17) is 22.3 Å². The standard InChI is InChI=1S/C20H23ClN4/c21-15-11-9-14(10-12-15)13-25-19-8-4-3-7-18(19)24-20(25)23-17-6-2-1-5-16(17)22/h3-4,7-12,16-17H,1-2,5-6,13,22H2,(H,23,24)/t16-,17+/m0/s1. The van der Waals surface area contributed by atoms with E-state index in [0.717, 1.165) is 41.4 Å². The van der Waals surface area contributed by atoms with E-state index in [1.165, 1.54) is 18.4 Å². The number of para-hydroxylation sites is 2. The number of halogens is 1. The molecule has 0 amide bonds. The van der Waals surface area contributed by atoms with Crippen LogP contribution in [0.2, 0.25) is 5.02 Å². The Kier molecular flexibility index (Phi) is 4.64. The number of nitrogens with two attached hydrogens (primary N) is 1. The molecule has 130 valence electrons. The third-order valence-corrected chi connectivity index (χ3v) is 5.29. The van der Waals surface area contributed by atoms with Crippen molar-refractivity contribution < 1.29 is 0 Å². The Morgan fingerprint density at radius 3 is 2.64 bits per heavy atom. The first-order valence-electron chi connectivity index (χ1n) is 8.92. The van der Waals surface area contributed by atoms with Crippen molar-refractivity contribution in [3.05, 3.63) is 59.1 Å². The minimum atomic E-state index is 0.192. The Morgan fingerprint density at radius 2 is 1.84 bits per heavy atom. The van der Waals surface area contributed by atoms with Gasteiger partial charge in [0.1, 0.15) is 0 Å². The van der Waals surface area contributed by atoms with Crippen LogP contribution in [0, 0.1) is 0 Å². The number of benzene rings is 2. The van der Waals surface area contributed by atoms with Gasteiger partial charge in [-0.1, -0.05) is 48.7 Å². The fourth-order valence-corrected chi connectivity index (χ4v) is 3.75. The summed E-state index contributed by atoms with van der Waals surface area (Å²) in [5.41, 5.74) is 9.66. The maximum absolute atomic E-state index is 6.33. The average Bonchev–Trinajstić information content (AvgIpc) is 2.96. The summed E-state index contributed by atoms with van der Waals surface area (Å²) in [5.74, 6) is 0.901. The second-order valence-corrected chi connectivity index (χ2v) is 7.27. The highest BCUT2D eigenvalue weighted by atomic mass is 35.5. The number of hydrogen-bond donors (Lipinski definition) is 2. The number of imidazole rings is 1. The predicted octanol–water partition coefficient (Wildman–Crippen LogP) is 4.42. The maximum Gasteiger partial charge on any atom is 0.204 e. The first-order chi connectivity index (χ1) is 12.2. The van der Waals surface area contributed by atoms with Crippen molar-refractivity contribution in [2.24, 2.45) is 5.73 Å². The van der Waals surface area contributed by atoms with E-state index in [2.05, 4.69) is 40.2 Å². The molecule has 0 unspecified atom stereocenters. The number of nitrogens with zero attached hydrogens (tertiary/aromatic N) is 2. The van der Waals surface area contributed by atoms with Gasteiger partial charge >= 0.3 is 0 Å². The van der Waals surface area contributed by atoms with Crippen LogP contribution in [0.4, 0.5) is 5.95 Å². The summed E-state index contributed by atoms with van der Waals surface area (Å²) in [6.07, 6.45) is 4.63. The molecule has 5 heteroatoms. The topological polar surface area (TPSA) is 55.9 Å². The van der Waals surface area contributed by atoms with Gasteiger partial charge in [0.2, 0.25) is 5.95 Å². The molecule has 0 spiro atoms. The molecule has 0 aliphatic heterocycles. The van der Waals surface area contributed by atoms with Gasteiger partial charge in [0.25, 0.3) is 0 Å². The lowest BCUT2D eigenvalue weighted by Crippen LogP contribution is -2.43. The summed E-state index contributed by atoms with van der Waals surface area (Å²) in [6.45, 7) is 0.752. The van der Waals surface area contributed by atoms with Crippen LogP contribution in [-0.4, -0.2) is 21.6 Å². The van der Waals surface area contributed by atoms with E-state index in [0.29, 0.717) is 0 Å². The molecule has 0 bridgehead atoms. The zero-order chi connectivity index (χ0) is 17.2. The number of anilines is 1. The van der Waals surface area contributed by atoms with Gasteiger partial charge in [0.05, 0.1) is 17.6 Å². The molecule has 0 radical (unpaired) electrons. The Labute approximate surface area is 153 Å². The Balaban J connectivity index is 1.68. The van der Waals surface area contributed by atoms with Crippen LogP contribution in [-0.2, 0) is 6.54 Å². The molecule has 3 aromatic rings. The van der Waals surface area contributed by atoms with Crippen molar-refractivity contribution >= 4 is 28.6 Å². The van der Waals surface area contributed by atoms with E-state index in [9.17, 15) is 0 Å². The summed E-state index contributed by atoms with van der Waals surface area (Å²) in [7, 11) is 0. The fourth-order valence-electron chi connectivity index (χ4n) is 3.62. The summed E-state index contributed by atoms with van der Waals surface area (Å²) < 4.78 is 2.24. The fraction of sp³-hybridized carbons (Fsp3) is 0.350. The van der Waals surface area contributed by atoms with Crippen LogP contribution in [0.3, 0.4) is 0 Å². The SMILES string of the molecule is N[C@H]1CCCC[C@H]1Nc1nc2ccccc2n1Cc1ccc(Cl)cc1. The van der Waals surface area contributed by atoms with Crippen LogP contribution >= 0.6 is 11.6 Å². The first-order valence-corrected chi connectivity index (χ1v) is 9.30. The van der Waals surface area contributed by atoms with Gasteiger partial charge in [-0.2, -0.15) is 0 Å². The molecule has 4 rings (SSSR count). The van der Waals surface area contributed by atoms with E-state index in [1.54, 1.807) is 0 Å². The molecule has 1 fully saturated rings. The lowest BCUT2D eigenvalue weighted by molar-refractivity contribution is 0.401. The molecule has 1 saturated carbocycles. The second kappa shape index (κ2) is 7.06. The molecule has 2 atom stereocenters. The van der Waals surface area contributed by atoms with Gasteiger partial charge in [-0.3, -0.25) is 0 Å². The van der Waals surface area contributed by atoms with Crippen molar-refractivity contribution in [3.8, 4) is 0 Å². The summed E-state index contributed by atoms with van der Waals surface area (Å²) in [5, 5.41) is 4.38.